The molecule has 5 rings (SSSR count). The first-order valence-electron chi connectivity index (χ1n) is 11.2. The maximum Gasteiger partial charge on any atom is 0.259 e. The molecule has 3 aromatic carbocycles. The number of hydrazine groups is 2. The van der Waals surface area contributed by atoms with Crippen molar-refractivity contribution in [3.8, 4) is 17.0 Å². The topological polar surface area (TPSA) is 96.5 Å². The highest BCUT2D eigenvalue weighted by atomic mass is 16.5. The van der Waals surface area contributed by atoms with E-state index in [9.17, 15) is 4.79 Å². The van der Waals surface area contributed by atoms with Gasteiger partial charge in [-0.05, 0) is 47.5 Å². The van der Waals surface area contributed by atoms with Crippen molar-refractivity contribution >= 4 is 23.1 Å². The lowest BCUT2D eigenvalue weighted by Gasteiger charge is -2.14. The van der Waals surface area contributed by atoms with Gasteiger partial charge in [-0.15, -0.1) is 5.53 Å². The number of aromatic nitrogens is 1. The highest BCUT2D eigenvalue weighted by molar-refractivity contribution is 6.07. The van der Waals surface area contributed by atoms with Gasteiger partial charge in [0.25, 0.3) is 5.91 Å². The van der Waals surface area contributed by atoms with Crippen molar-refractivity contribution in [2.45, 2.75) is 13.2 Å². The van der Waals surface area contributed by atoms with Gasteiger partial charge in [0.2, 0.25) is 0 Å². The normalized spacial score (nSPS) is 11.8. The second-order valence-corrected chi connectivity index (χ2v) is 7.98. The Hall–Kier alpha value is -4.40. The fourth-order valence-electron chi connectivity index (χ4n) is 3.84. The van der Waals surface area contributed by atoms with Crippen LogP contribution in [-0.4, -0.2) is 18.0 Å². The van der Waals surface area contributed by atoms with Gasteiger partial charge in [0.1, 0.15) is 5.75 Å². The standard InChI is InChI=1S/C27H25N5O3/c1-34-25-21(23-14-15-24-26(29-23)31-32-30-24)8-5-9-22(25)27(33)28-20-12-10-19(11-13-20)17-35-16-18-6-3-2-4-7-18/h2-15,30,32H,16-17H2,1H3,(H,28,33)(H,29,31). The number of para-hydroxylation sites is 1. The number of carbonyl (C=O) groups excluding carboxylic acids is 1. The van der Waals surface area contributed by atoms with Crippen molar-refractivity contribution in [3.63, 3.8) is 0 Å². The van der Waals surface area contributed by atoms with E-state index in [2.05, 4.69) is 26.7 Å². The Bertz CT molecular complexity index is 1330. The van der Waals surface area contributed by atoms with E-state index in [0.717, 1.165) is 22.4 Å². The highest BCUT2D eigenvalue weighted by Crippen LogP contribution is 2.35. The molecule has 0 saturated carbocycles. The largest absolute Gasteiger partial charge is 0.495 e. The average Bonchev–Trinajstić information content (AvgIpc) is 3.38. The summed E-state index contributed by atoms with van der Waals surface area (Å²) >= 11 is 0. The molecule has 176 valence electrons. The van der Waals surface area contributed by atoms with Crippen molar-refractivity contribution in [2.75, 3.05) is 23.3 Å². The molecule has 0 spiro atoms. The second-order valence-electron chi connectivity index (χ2n) is 7.98. The number of amides is 1. The number of nitrogens with zero attached hydrogens (tertiary/aromatic N) is 1. The molecule has 0 radical (unpaired) electrons. The second kappa shape index (κ2) is 10.3. The van der Waals surface area contributed by atoms with Crippen LogP contribution in [0.4, 0.5) is 17.2 Å². The van der Waals surface area contributed by atoms with Crippen molar-refractivity contribution in [2.24, 2.45) is 0 Å². The summed E-state index contributed by atoms with van der Waals surface area (Å²) in [4.78, 5) is 17.7. The average molecular weight is 468 g/mol. The third-order valence-corrected chi connectivity index (χ3v) is 5.61. The van der Waals surface area contributed by atoms with Crippen molar-refractivity contribution in [1.82, 2.24) is 10.5 Å². The zero-order valence-electron chi connectivity index (χ0n) is 19.2. The summed E-state index contributed by atoms with van der Waals surface area (Å²) in [6.07, 6.45) is 0. The van der Waals surface area contributed by atoms with Crippen LogP contribution in [0.1, 0.15) is 21.5 Å². The Kier molecular flexibility index (Phi) is 6.56. The Balaban J connectivity index is 1.27. The number of ether oxygens (including phenoxy) is 2. The molecule has 4 aromatic rings. The lowest BCUT2D eigenvalue weighted by atomic mass is 10.0. The number of fused-ring (bicyclic) bond motifs is 1. The molecule has 1 amide bonds. The van der Waals surface area contributed by atoms with Crippen molar-refractivity contribution in [3.05, 3.63) is 102 Å². The molecule has 0 saturated heterocycles. The van der Waals surface area contributed by atoms with Crippen LogP contribution in [0.15, 0.2) is 84.9 Å². The molecule has 35 heavy (non-hydrogen) atoms. The van der Waals surface area contributed by atoms with E-state index in [0.29, 0.717) is 41.7 Å². The number of benzene rings is 3. The lowest BCUT2D eigenvalue weighted by Crippen LogP contribution is -2.19. The van der Waals surface area contributed by atoms with Gasteiger partial charge in [0.15, 0.2) is 5.82 Å². The minimum atomic E-state index is -0.264. The smallest absolute Gasteiger partial charge is 0.259 e. The van der Waals surface area contributed by atoms with Crippen molar-refractivity contribution in [1.29, 1.82) is 0 Å². The van der Waals surface area contributed by atoms with Gasteiger partial charge < -0.3 is 20.2 Å². The summed E-state index contributed by atoms with van der Waals surface area (Å²) < 4.78 is 11.4. The van der Waals surface area contributed by atoms with Crippen LogP contribution in [0, 0.1) is 0 Å². The maximum absolute atomic E-state index is 13.1. The predicted octanol–water partition coefficient (Wildman–Crippen LogP) is 4.98. The molecule has 4 N–H and O–H groups in total. The lowest BCUT2D eigenvalue weighted by molar-refractivity contribution is 0.102. The minimum Gasteiger partial charge on any atom is -0.495 e. The van der Waals surface area contributed by atoms with E-state index in [1.54, 1.807) is 13.2 Å². The van der Waals surface area contributed by atoms with E-state index in [1.165, 1.54) is 0 Å². The van der Waals surface area contributed by atoms with E-state index < -0.39 is 0 Å². The molecule has 0 atom stereocenters. The molecule has 0 aliphatic carbocycles. The molecule has 2 heterocycles. The third-order valence-electron chi connectivity index (χ3n) is 5.61. The summed E-state index contributed by atoms with van der Waals surface area (Å²) in [6.45, 7) is 1.05. The fourth-order valence-corrected chi connectivity index (χ4v) is 3.84. The molecular formula is C27H25N5O3. The first-order valence-corrected chi connectivity index (χ1v) is 11.2. The Morgan fingerprint density at radius 2 is 1.63 bits per heavy atom. The molecule has 8 heteroatoms. The number of pyridine rings is 1. The van der Waals surface area contributed by atoms with E-state index >= 15 is 0 Å². The molecule has 1 aliphatic heterocycles. The van der Waals surface area contributed by atoms with Crippen LogP contribution in [0.25, 0.3) is 11.3 Å². The zero-order chi connectivity index (χ0) is 24.0. The molecule has 1 aliphatic rings. The summed E-state index contributed by atoms with van der Waals surface area (Å²) in [6, 6.07) is 26.9. The predicted molar refractivity (Wildman–Crippen MR) is 136 cm³/mol. The third kappa shape index (κ3) is 5.08. The van der Waals surface area contributed by atoms with Gasteiger partial charge in [0.05, 0.1) is 37.3 Å². The molecular weight excluding hydrogens is 442 g/mol. The molecule has 0 bridgehead atoms. The minimum absolute atomic E-state index is 0.264. The number of methoxy groups -OCH3 is 1. The van der Waals surface area contributed by atoms with Crippen LogP contribution in [-0.2, 0) is 18.0 Å². The van der Waals surface area contributed by atoms with E-state index in [4.69, 9.17) is 9.47 Å². The highest BCUT2D eigenvalue weighted by Gasteiger charge is 2.19. The quantitative estimate of drug-likeness (QED) is 0.290. The van der Waals surface area contributed by atoms with Crippen LogP contribution in [0.3, 0.4) is 0 Å². The molecule has 0 unspecified atom stereocenters. The van der Waals surface area contributed by atoms with Gasteiger partial charge in [-0.1, -0.05) is 48.5 Å². The Morgan fingerprint density at radius 1 is 0.857 bits per heavy atom. The van der Waals surface area contributed by atoms with Crippen LogP contribution < -0.4 is 26.4 Å². The van der Waals surface area contributed by atoms with E-state index in [-0.39, 0.29) is 5.91 Å². The Morgan fingerprint density at radius 3 is 2.40 bits per heavy atom. The number of nitrogens with one attached hydrogen (secondary N) is 4. The van der Waals surface area contributed by atoms with Gasteiger partial charge in [-0.25, -0.2) is 4.98 Å². The maximum atomic E-state index is 13.1. The van der Waals surface area contributed by atoms with Crippen LogP contribution in [0.5, 0.6) is 5.75 Å². The number of carbonyl (C=O) groups is 1. The monoisotopic (exact) mass is 467 g/mol. The SMILES string of the molecule is COc1c(C(=O)Nc2ccc(COCc3ccccc3)cc2)cccc1-c1ccc2c(n1)NNN2. The van der Waals surface area contributed by atoms with Gasteiger partial charge in [0, 0.05) is 11.3 Å². The molecule has 0 fully saturated rings. The summed E-state index contributed by atoms with van der Waals surface area (Å²) in [5.74, 6) is 0.869. The first-order chi connectivity index (χ1) is 17.2. The fraction of sp³-hybridized carbons (Fsp3) is 0.111. The van der Waals surface area contributed by atoms with Gasteiger partial charge in [-0.3, -0.25) is 10.2 Å². The number of anilines is 3. The zero-order valence-corrected chi connectivity index (χ0v) is 19.2. The van der Waals surface area contributed by atoms with Gasteiger partial charge in [-0.2, -0.15) is 0 Å². The van der Waals surface area contributed by atoms with Crippen LogP contribution >= 0.6 is 0 Å². The number of rotatable bonds is 8. The van der Waals surface area contributed by atoms with Crippen LogP contribution in [0.2, 0.25) is 0 Å². The summed E-state index contributed by atoms with van der Waals surface area (Å²) in [5.41, 5.74) is 14.2. The Labute approximate surface area is 203 Å². The molecule has 1 aromatic heterocycles. The van der Waals surface area contributed by atoms with E-state index in [1.807, 2.05) is 78.9 Å². The summed E-state index contributed by atoms with van der Waals surface area (Å²) in [5, 5.41) is 2.95. The molecule has 8 nitrogen and oxygen atoms in total. The number of hydrogen-bond donors (Lipinski definition) is 4. The number of hydrogen-bond acceptors (Lipinski definition) is 7. The van der Waals surface area contributed by atoms with Crippen molar-refractivity contribution < 1.29 is 14.3 Å². The first kappa shape index (κ1) is 22.4. The van der Waals surface area contributed by atoms with Gasteiger partial charge >= 0.3 is 0 Å². The summed E-state index contributed by atoms with van der Waals surface area (Å²) in [7, 11) is 1.55.